The van der Waals surface area contributed by atoms with Crippen LogP contribution in [0.1, 0.15) is 24.2 Å². The third kappa shape index (κ3) is 3.21. The van der Waals surface area contributed by atoms with Gasteiger partial charge >= 0.3 is 0 Å². The monoisotopic (exact) mass is 318 g/mol. The summed E-state index contributed by atoms with van der Waals surface area (Å²) in [5, 5.41) is 3.43. The molecule has 0 spiro atoms. The first-order chi connectivity index (χ1) is 9.30. The summed E-state index contributed by atoms with van der Waals surface area (Å²) in [5.74, 6) is 0.109. The second kappa shape index (κ2) is 5.57. The van der Waals surface area contributed by atoms with Crippen molar-refractivity contribution < 1.29 is 13.2 Å². The van der Waals surface area contributed by atoms with Crippen LogP contribution in [0, 0.1) is 0 Å². The van der Waals surface area contributed by atoms with E-state index < -0.39 is 9.84 Å². The van der Waals surface area contributed by atoms with Gasteiger partial charge < -0.3 is 16.0 Å². The van der Waals surface area contributed by atoms with Gasteiger partial charge in [-0.05, 0) is 25.4 Å². The number of amides is 1. The van der Waals surface area contributed by atoms with Crippen LogP contribution in [-0.4, -0.2) is 49.3 Å². The molecule has 1 aromatic heterocycles. The van der Waals surface area contributed by atoms with Gasteiger partial charge in [-0.2, -0.15) is 4.37 Å². The van der Waals surface area contributed by atoms with Crippen LogP contribution in [0.3, 0.4) is 0 Å². The minimum Gasteiger partial charge on any atom is -0.382 e. The van der Waals surface area contributed by atoms with Crippen LogP contribution in [0.5, 0.6) is 0 Å². The van der Waals surface area contributed by atoms with Crippen LogP contribution in [0.15, 0.2) is 0 Å². The van der Waals surface area contributed by atoms with Crippen LogP contribution in [0.2, 0.25) is 0 Å². The lowest BCUT2D eigenvalue weighted by atomic mass is 10.2. The van der Waals surface area contributed by atoms with E-state index in [9.17, 15) is 13.2 Å². The summed E-state index contributed by atoms with van der Waals surface area (Å²) in [4.78, 5) is 14.0. The highest BCUT2D eigenvalue weighted by Crippen LogP contribution is 2.31. The largest absolute Gasteiger partial charge is 0.382 e. The quantitative estimate of drug-likeness (QED) is 0.819. The molecular weight excluding hydrogens is 300 g/mol. The Bertz CT molecular complexity index is 595. The molecule has 1 fully saturated rings. The molecule has 2 heterocycles. The predicted molar refractivity (Wildman–Crippen MR) is 80.0 cm³/mol. The van der Waals surface area contributed by atoms with Gasteiger partial charge in [-0.25, -0.2) is 8.42 Å². The zero-order valence-corrected chi connectivity index (χ0v) is 13.1. The van der Waals surface area contributed by atoms with Gasteiger partial charge in [-0.15, -0.1) is 0 Å². The lowest BCUT2D eigenvalue weighted by Gasteiger charge is -2.27. The van der Waals surface area contributed by atoms with E-state index in [0.29, 0.717) is 23.7 Å². The first-order valence-corrected chi connectivity index (χ1v) is 8.91. The van der Waals surface area contributed by atoms with Crippen LogP contribution in [0.4, 0.5) is 10.8 Å². The standard InChI is InChI=1S/C11H18N4O3S2/c1-7(2)13-10(16)8-9(12)14-19-11(8)15-3-5-20(17,18)6-4-15/h7H,3-6H2,1-2H3,(H2,12,14)(H,13,16). The number of nitrogens with two attached hydrogens (primary N) is 1. The highest BCUT2D eigenvalue weighted by Gasteiger charge is 2.28. The van der Waals surface area contributed by atoms with E-state index in [4.69, 9.17) is 5.73 Å². The van der Waals surface area contributed by atoms with Crippen molar-refractivity contribution in [2.75, 3.05) is 35.2 Å². The number of nitrogen functional groups attached to an aromatic ring is 1. The number of nitrogens with zero attached hydrogens (tertiary/aromatic N) is 2. The SMILES string of the molecule is CC(C)NC(=O)c1c(N)nsc1N1CCS(=O)(=O)CC1. The Hall–Kier alpha value is -1.35. The summed E-state index contributed by atoms with van der Waals surface area (Å²) >= 11 is 1.13. The van der Waals surface area contributed by atoms with Crippen molar-refractivity contribution in [2.24, 2.45) is 0 Å². The number of aromatic nitrogens is 1. The number of hydrogen-bond acceptors (Lipinski definition) is 7. The van der Waals surface area contributed by atoms with Crippen molar-refractivity contribution >= 4 is 38.1 Å². The molecule has 112 valence electrons. The molecule has 0 radical (unpaired) electrons. The highest BCUT2D eigenvalue weighted by atomic mass is 32.2. The molecule has 1 amide bonds. The van der Waals surface area contributed by atoms with Crippen molar-refractivity contribution in [3.8, 4) is 0 Å². The van der Waals surface area contributed by atoms with Crippen LogP contribution >= 0.6 is 11.5 Å². The van der Waals surface area contributed by atoms with E-state index in [1.54, 1.807) is 0 Å². The molecule has 20 heavy (non-hydrogen) atoms. The molecule has 1 aromatic rings. The molecule has 0 atom stereocenters. The third-order valence-corrected chi connectivity index (χ3v) is 5.51. The summed E-state index contributed by atoms with van der Waals surface area (Å²) in [5.41, 5.74) is 6.12. The van der Waals surface area contributed by atoms with Gasteiger partial charge in [-0.1, -0.05) is 0 Å². The Morgan fingerprint density at radius 1 is 1.40 bits per heavy atom. The Labute approximate surface area is 122 Å². The fraction of sp³-hybridized carbons (Fsp3) is 0.636. The Balaban J connectivity index is 2.23. The minimum absolute atomic E-state index is 0.00335. The fourth-order valence-corrected chi connectivity index (χ4v) is 4.04. The molecule has 1 saturated heterocycles. The fourth-order valence-electron chi connectivity index (χ4n) is 1.97. The number of rotatable bonds is 3. The van der Waals surface area contributed by atoms with E-state index in [2.05, 4.69) is 9.69 Å². The predicted octanol–water partition coefficient (Wildman–Crippen LogP) is 0.0983. The first-order valence-electron chi connectivity index (χ1n) is 6.31. The third-order valence-electron chi connectivity index (χ3n) is 2.98. The number of anilines is 2. The molecule has 7 nitrogen and oxygen atoms in total. The summed E-state index contributed by atoms with van der Waals surface area (Å²) in [7, 11) is -2.96. The molecule has 0 aliphatic carbocycles. The van der Waals surface area contributed by atoms with Gasteiger partial charge in [-0.3, -0.25) is 4.79 Å². The van der Waals surface area contributed by atoms with E-state index in [-0.39, 0.29) is 29.3 Å². The average molecular weight is 318 g/mol. The lowest BCUT2D eigenvalue weighted by Crippen LogP contribution is -2.41. The second-order valence-corrected chi connectivity index (χ2v) is 8.07. The maximum absolute atomic E-state index is 12.2. The molecular formula is C11H18N4O3S2. The molecule has 1 aliphatic rings. The molecule has 0 bridgehead atoms. The number of hydrogen-bond donors (Lipinski definition) is 2. The van der Waals surface area contributed by atoms with E-state index in [1.165, 1.54) is 0 Å². The number of carbonyl (C=O) groups excluding carboxylic acids is 1. The number of nitrogens with one attached hydrogen (secondary N) is 1. The summed E-state index contributed by atoms with van der Waals surface area (Å²) in [6, 6.07) is -0.00335. The Kier molecular flexibility index (Phi) is 4.19. The van der Waals surface area contributed by atoms with Crippen molar-refractivity contribution in [2.45, 2.75) is 19.9 Å². The van der Waals surface area contributed by atoms with Crippen molar-refractivity contribution in [3.63, 3.8) is 0 Å². The van der Waals surface area contributed by atoms with Gasteiger partial charge in [0.1, 0.15) is 10.6 Å². The van der Waals surface area contributed by atoms with E-state index >= 15 is 0 Å². The van der Waals surface area contributed by atoms with Crippen LogP contribution < -0.4 is 16.0 Å². The molecule has 2 rings (SSSR count). The molecule has 1 aliphatic heterocycles. The van der Waals surface area contributed by atoms with Crippen molar-refractivity contribution in [1.82, 2.24) is 9.69 Å². The molecule has 0 unspecified atom stereocenters. The minimum atomic E-state index is -2.96. The summed E-state index contributed by atoms with van der Waals surface area (Å²) in [6.07, 6.45) is 0. The smallest absolute Gasteiger partial charge is 0.258 e. The van der Waals surface area contributed by atoms with Crippen molar-refractivity contribution in [3.05, 3.63) is 5.56 Å². The Morgan fingerprint density at radius 3 is 2.55 bits per heavy atom. The first kappa shape index (κ1) is 15.0. The zero-order valence-electron chi connectivity index (χ0n) is 11.4. The molecule has 3 N–H and O–H groups in total. The van der Waals surface area contributed by atoms with Crippen LogP contribution in [0.25, 0.3) is 0 Å². The van der Waals surface area contributed by atoms with Gasteiger partial charge in [0, 0.05) is 19.1 Å². The highest BCUT2D eigenvalue weighted by molar-refractivity contribution is 7.91. The maximum atomic E-state index is 12.2. The molecule has 0 aromatic carbocycles. The zero-order chi connectivity index (χ0) is 14.9. The topological polar surface area (TPSA) is 105 Å². The molecule has 0 saturated carbocycles. The van der Waals surface area contributed by atoms with Gasteiger partial charge in [0.2, 0.25) is 0 Å². The number of carbonyl (C=O) groups is 1. The van der Waals surface area contributed by atoms with E-state index in [0.717, 1.165) is 11.5 Å². The van der Waals surface area contributed by atoms with Gasteiger partial charge in [0.25, 0.3) is 5.91 Å². The van der Waals surface area contributed by atoms with Crippen LogP contribution in [-0.2, 0) is 9.84 Å². The summed E-state index contributed by atoms with van der Waals surface area (Å²) < 4.78 is 26.9. The van der Waals surface area contributed by atoms with E-state index in [1.807, 2.05) is 18.7 Å². The summed E-state index contributed by atoms with van der Waals surface area (Å²) in [6.45, 7) is 4.46. The number of sulfone groups is 1. The maximum Gasteiger partial charge on any atom is 0.258 e. The second-order valence-electron chi connectivity index (χ2n) is 5.01. The van der Waals surface area contributed by atoms with Crippen molar-refractivity contribution in [1.29, 1.82) is 0 Å². The van der Waals surface area contributed by atoms with Gasteiger partial charge in [0.05, 0.1) is 11.5 Å². The molecule has 9 heteroatoms. The Morgan fingerprint density at radius 2 is 2.00 bits per heavy atom. The normalized spacial score (nSPS) is 18.2. The lowest BCUT2D eigenvalue weighted by molar-refractivity contribution is 0.0944. The van der Waals surface area contributed by atoms with Gasteiger partial charge in [0.15, 0.2) is 15.7 Å². The average Bonchev–Trinajstić information content (AvgIpc) is 2.70.